The Morgan fingerprint density at radius 2 is 1.71 bits per heavy atom. The van der Waals surface area contributed by atoms with E-state index >= 15 is 0 Å². The zero-order valence-electron chi connectivity index (χ0n) is 12.8. The first-order valence-corrected chi connectivity index (χ1v) is 7.86. The molecule has 1 aromatic rings. The second-order valence-corrected chi connectivity index (χ2v) is 6.27. The summed E-state index contributed by atoms with van der Waals surface area (Å²) < 4.78 is 14.0. The predicted octanol–water partition coefficient (Wildman–Crippen LogP) is 1.62. The van der Waals surface area contributed by atoms with E-state index < -0.39 is 0 Å². The summed E-state index contributed by atoms with van der Waals surface area (Å²) >= 11 is 0. The van der Waals surface area contributed by atoms with Gasteiger partial charge in [0.05, 0.1) is 5.69 Å². The Kier molecular flexibility index (Phi) is 4.31. The van der Waals surface area contributed by atoms with Gasteiger partial charge in [-0.3, -0.25) is 4.90 Å². The van der Waals surface area contributed by atoms with Crippen molar-refractivity contribution < 1.29 is 4.39 Å². The van der Waals surface area contributed by atoms with Gasteiger partial charge >= 0.3 is 0 Å². The number of anilines is 2. The molecule has 5 heteroatoms. The van der Waals surface area contributed by atoms with Crippen molar-refractivity contribution in [2.24, 2.45) is 0 Å². The molecular weight excluding hydrogens is 267 g/mol. The maximum Gasteiger partial charge on any atom is 0.148 e. The highest BCUT2D eigenvalue weighted by Crippen LogP contribution is 2.26. The zero-order valence-corrected chi connectivity index (χ0v) is 12.8. The van der Waals surface area contributed by atoms with E-state index in [-0.39, 0.29) is 5.82 Å². The molecule has 0 bridgehead atoms. The molecule has 116 valence electrons. The molecule has 3 rings (SSSR count). The van der Waals surface area contributed by atoms with Crippen LogP contribution in [0.4, 0.5) is 15.8 Å². The summed E-state index contributed by atoms with van der Waals surface area (Å²) in [5.74, 6) is -0.201. The van der Waals surface area contributed by atoms with Crippen LogP contribution in [0.3, 0.4) is 0 Å². The molecule has 4 nitrogen and oxygen atoms in total. The molecule has 0 atom stereocenters. The van der Waals surface area contributed by atoms with Gasteiger partial charge in [0.2, 0.25) is 0 Å². The molecule has 0 saturated carbocycles. The molecule has 2 fully saturated rings. The Morgan fingerprint density at radius 1 is 1.05 bits per heavy atom. The normalized spacial score (nSPS) is 22.7. The Balaban J connectivity index is 1.57. The monoisotopic (exact) mass is 292 g/mol. The van der Waals surface area contributed by atoms with Crippen molar-refractivity contribution in [3.63, 3.8) is 0 Å². The molecule has 2 aliphatic heterocycles. The largest absolute Gasteiger partial charge is 0.399 e. The van der Waals surface area contributed by atoms with Crippen LogP contribution in [-0.4, -0.2) is 62.2 Å². The molecule has 2 aliphatic rings. The third kappa shape index (κ3) is 3.30. The van der Waals surface area contributed by atoms with Gasteiger partial charge in [-0.2, -0.15) is 0 Å². The van der Waals surface area contributed by atoms with Crippen LogP contribution in [0.5, 0.6) is 0 Å². The Bertz CT molecular complexity index is 477. The van der Waals surface area contributed by atoms with E-state index in [2.05, 4.69) is 21.7 Å². The highest BCUT2D eigenvalue weighted by Gasteiger charge is 2.27. The van der Waals surface area contributed by atoms with E-state index in [1.54, 1.807) is 12.1 Å². The molecule has 0 unspecified atom stereocenters. The summed E-state index contributed by atoms with van der Waals surface area (Å²) in [4.78, 5) is 7.15. The maximum atomic E-state index is 14.0. The molecular formula is C16H25FN4. The van der Waals surface area contributed by atoms with Gasteiger partial charge in [0.15, 0.2) is 0 Å². The van der Waals surface area contributed by atoms with Crippen molar-refractivity contribution in [1.29, 1.82) is 0 Å². The van der Waals surface area contributed by atoms with Crippen molar-refractivity contribution in [1.82, 2.24) is 9.80 Å². The van der Waals surface area contributed by atoms with E-state index in [4.69, 9.17) is 5.73 Å². The number of nitrogens with zero attached hydrogens (tertiary/aromatic N) is 3. The smallest absolute Gasteiger partial charge is 0.148 e. The molecule has 0 aromatic heterocycles. The quantitative estimate of drug-likeness (QED) is 0.840. The average Bonchev–Trinajstić information content (AvgIpc) is 2.48. The van der Waals surface area contributed by atoms with Crippen molar-refractivity contribution in [2.75, 3.05) is 56.9 Å². The van der Waals surface area contributed by atoms with E-state index in [1.165, 1.54) is 6.07 Å². The van der Waals surface area contributed by atoms with Crippen LogP contribution in [0, 0.1) is 5.82 Å². The Hall–Kier alpha value is -1.33. The second kappa shape index (κ2) is 6.20. The molecule has 2 heterocycles. The van der Waals surface area contributed by atoms with Crippen LogP contribution >= 0.6 is 0 Å². The summed E-state index contributed by atoms with van der Waals surface area (Å²) in [6.45, 7) is 6.50. The number of piperazine rings is 1. The minimum Gasteiger partial charge on any atom is -0.399 e. The van der Waals surface area contributed by atoms with E-state index in [9.17, 15) is 4.39 Å². The van der Waals surface area contributed by atoms with Gasteiger partial charge in [-0.25, -0.2) is 4.39 Å². The lowest BCUT2D eigenvalue weighted by Gasteiger charge is -2.42. The minimum atomic E-state index is -0.201. The average molecular weight is 292 g/mol. The lowest BCUT2D eigenvalue weighted by atomic mass is 10.0. The molecule has 2 saturated heterocycles. The van der Waals surface area contributed by atoms with Gasteiger partial charge in [0.25, 0.3) is 0 Å². The number of rotatable bonds is 2. The lowest BCUT2D eigenvalue weighted by molar-refractivity contribution is 0.0981. The van der Waals surface area contributed by atoms with Crippen molar-refractivity contribution >= 4 is 11.4 Å². The third-order valence-corrected chi connectivity index (χ3v) is 4.83. The van der Waals surface area contributed by atoms with Crippen LogP contribution in [0.25, 0.3) is 0 Å². The first-order chi connectivity index (χ1) is 10.1. The SMILES string of the molecule is CN1CCN(C2CCN(c3ccc(N)cc3F)CC2)CC1. The molecule has 0 aliphatic carbocycles. The fraction of sp³-hybridized carbons (Fsp3) is 0.625. The van der Waals surface area contributed by atoms with E-state index in [0.717, 1.165) is 52.1 Å². The molecule has 1 aromatic carbocycles. The van der Waals surface area contributed by atoms with Gasteiger partial charge in [0, 0.05) is 51.0 Å². The third-order valence-electron chi connectivity index (χ3n) is 4.83. The summed E-state index contributed by atoms with van der Waals surface area (Å²) in [5.41, 5.74) is 6.80. The number of hydrogen-bond donors (Lipinski definition) is 1. The topological polar surface area (TPSA) is 35.7 Å². The van der Waals surface area contributed by atoms with Crippen LogP contribution in [0.15, 0.2) is 18.2 Å². The van der Waals surface area contributed by atoms with Crippen LogP contribution in [-0.2, 0) is 0 Å². The number of hydrogen-bond acceptors (Lipinski definition) is 4. The minimum absolute atomic E-state index is 0.201. The van der Waals surface area contributed by atoms with Crippen LogP contribution in [0.2, 0.25) is 0 Å². The number of benzene rings is 1. The first-order valence-electron chi connectivity index (χ1n) is 7.86. The molecule has 21 heavy (non-hydrogen) atoms. The standard InChI is InChI=1S/C16H25FN4/c1-19-8-10-20(11-9-19)14-4-6-21(7-5-14)16-3-2-13(18)12-15(16)17/h2-3,12,14H,4-11,18H2,1H3. The summed E-state index contributed by atoms with van der Waals surface area (Å²) in [5, 5.41) is 0. The lowest BCUT2D eigenvalue weighted by Crippen LogP contribution is -2.52. The summed E-state index contributed by atoms with van der Waals surface area (Å²) in [6, 6.07) is 5.67. The fourth-order valence-electron chi connectivity index (χ4n) is 3.44. The van der Waals surface area contributed by atoms with Gasteiger partial charge in [-0.1, -0.05) is 0 Å². The molecule has 0 spiro atoms. The summed E-state index contributed by atoms with van der Waals surface area (Å²) in [7, 11) is 2.18. The highest BCUT2D eigenvalue weighted by atomic mass is 19.1. The number of halogens is 1. The van der Waals surface area contributed by atoms with E-state index in [1.807, 2.05) is 0 Å². The Morgan fingerprint density at radius 3 is 2.33 bits per heavy atom. The number of nitrogen functional groups attached to an aromatic ring is 1. The van der Waals surface area contributed by atoms with Gasteiger partial charge < -0.3 is 15.5 Å². The first kappa shape index (κ1) is 14.6. The summed E-state index contributed by atoms with van der Waals surface area (Å²) in [6.07, 6.45) is 2.24. The number of likely N-dealkylation sites (N-methyl/N-ethyl adjacent to an activating group) is 1. The van der Waals surface area contributed by atoms with Gasteiger partial charge in [-0.15, -0.1) is 0 Å². The number of nitrogens with two attached hydrogens (primary N) is 1. The highest BCUT2D eigenvalue weighted by molar-refractivity contribution is 5.54. The zero-order chi connectivity index (χ0) is 14.8. The predicted molar refractivity (Wildman–Crippen MR) is 85.1 cm³/mol. The van der Waals surface area contributed by atoms with Crippen molar-refractivity contribution in [2.45, 2.75) is 18.9 Å². The van der Waals surface area contributed by atoms with Crippen molar-refractivity contribution in [3.8, 4) is 0 Å². The van der Waals surface area contributed by atoms with Gasteiger partial charge in [0.1, 0.15) is 5.82 Å². The van der Waals surface area contributed by atoms with Crippen molar-refractivity contribution in [3.05, 3.63) is 24.0 Å². The van der Waals surface area contributed by atoms with E-state index in [0.29, 0.717) is 17.4 Å². The van der Waals surface area contributed by atoms with Crippen LogP contribution < -0.4 is 10.6 Å². The van der Waals surface area contributed by atoms with Crippen LogP contribution in [0.1, 0.15) is 12.8 Å². The molecule has 0 amide bonds. The number of piperidine rings is 1. The molecule has 2 N–H and O–H groups in total. The maximum absolute atomic E-state index is 14.0. The molecule has 0 radical (unpaired) electrons. The Labute approximate surface area is 126 Å². The second-order valence-electron chi connectivity index (χ2n) is 6.27. The van der Waals surface area contributed by atoms with Gasteiger partial charge in [-0.05, 0) is 38.1 Å². The fourth-order valence-corrected chi connectivity index (χ4v) is 3.44.